The molecule has 2 amide bonds. The highest BCUT2D eigenvalue weighted by atomic mass is 32.2. The van der Waals surface area contributed by atoms with Gasteiger partial charge in [0.05, 0.1) is 12.5 Å². The fraction of sp³-hybridized carbons (Fsp3) is 0.571. The maximum atomic E-state index is 11.4. The van der Waals surface area contributed by atoms with Crippen LogP contribution in [0.1, 0.15) is 0 Å². The summed E-state index contributed by atoms with van der Waals surface area (Å²) in [4.78, 5) is 14.5. The van der Waals surface area contributed by atoms with Crippen LogP contribution in [0.2, 0.25) is 0 Å². The Hall–Kier alpha value is -0.680. The average molecular weight is 188 g/mol. The third-order valence-corrected chi connectivity index (χ3v) is 2.30. The van der Waals surface area contributed by atoms with E-state index in [9.17, 15) is 4.79 Å². The Kier molecular flexibility index (Phi) is 3.43. The van der Waals surface area contributed by atoms with Gasteiger partial charge in [0.2, 0.25) is 0 Å². The van der Waals surface area contributed by atoms with Crippen molar-refractivity contribution in [3.8, 4) is 0 Å². The first-order chi connectivity index (χ1) is 5.75. The second-order valence-corrected chi connectivity index (χ2v) is 3.34. The largest absolute Gasteiger partial charge is 0.395 e. The van der Waals surface area contributed by atoms with Crippen molar-refractivity contribution < 1.29 is 9.90 Å². The molecular formula is C7H12N2O2S. The van der Waals surface area contributed by atoms with Gasteiger partial charge in [0, 0.05) is 19.8 Å². The van der Waals surface area contributed by atoms with Crippen LogP contribution in [0.15, 0.2) is 11.6 Å². The number of amides is 2. The fourth-order valence-corrected chi connectivity index (χ4v) is 1.54. The Morgan fingerprint density at radius 2 is 2.58 bits per heavy atom. The van der Waals surface area contributed by atoms with Crippen molar-refractivity contribution in [2.45, 2.75) is 0 Å². The van der Waals surface area contributed by atoms with E-state index in [1.807, 2.05) is 5.41 Å². The molecule has 1 rings (SSSR count). The van der Waals surface area contributed by atoms with Crippen LogP contribution in [-0.4, -0.2) is 47.0 Å². The summed E-state index contributed by atoms with van der Waals surface area (Å²) in [6.07, 6.45) is 1.75. The first-order valence-corrected chi connectivity index (χ1v) is 4.71. The molecule has 0 aliphatic carbocycles. The molecule has 0 unspecified atom stereocenters. The van der Waals surface area contributed by atoms with E-state index in [0.717, 1.165) is 0 Å². The molecule has 1 aliphatic rings. The van der Waals surface area contributed by atoms with E-state index in [0.29, 0.717) is 12.4 Å². The molecule has 1 aliphatic heterocycles. The molecule has 1 N–H and O–H groups in total. The van der Waals surface area contributed by atoms with Gasteiger partial charge in [0.1, 0.15) is 0 Å². The van der Waals surface area contributed by atoms with Gasteiger partial charge in [-0.05, 0) is 5.41 Å². The molecule has 12 heavy (non-hydrogen) atoms. The summed E-state index contributed by atoms with van der Waals surface area (Å²) in [5.74, 6) is 0.675. The molecule has 1 heterocycles. The van der Waals surface area contributed by atoms with Crippen LogP contribution in [0, 0.1) is 0 Å². The Morgan fingerprint density at radius 3 is 3.08 bits per heavy atom. The van der Waals surface area contributed by atoms with Crippen LogP contribution < -0.4 is 0 Å². The maximum Gasteiger partial charge on any atom is 0.324 e. The Morgan fingerprint density at radius 1 is 1.83 bits per heavy atom. The topological polar surface area (TPSA) is 43.8 Å². The number of aliphatic hydroxyl groups is 1. The lowest BCUT2D eigenvalue weighted by atomic mass is 10.6. The summed E-state index contributed by atoms with van der Waals surface area (Å²) in [5.41, 5.74) is 0. The number of thioether (sulfide) groups is 1. The summed E-state index contributed by atoms with van der Waals surface area (Å²) in [7, 11) is 1.68. The zero-order chi connectivity index (χ0) is 8.97. The van der Waals surface area contributed by atoms with Gasteiger partial charge in [-0.3, -0.25) is 4.90 Å². The molecule has 0 aromatic heterocycles. The van der Waals surface area contributed by atoms with E-state index >= 15 is 0 Å². The number of nitrogens with zero attached hydrogens (tertiary/aromatic N) is 2. The summed E-state index contributed by atoms with van der Waals surface area (Å²) in [6.45, 7) is 0.390. The highest BCUT2D eigenvalue weighted by Gasteiger charge is 2.17. The minimum atomic E-state index is -0.0645. The quantitative estimate of drug-likeness (QED) is 0.686. The van der Waals surface area contributed by atoms with Gasteiger partial charge in [-0.1, -0.05) is 0 Å². The normalized spacial score (nSPS) is 15.3. The van der Waals surface area contributed by atoms with Gasteiger partial charge >= 0.3 is 6.03 Å². The SMILES string of the molecule is CN(CCO)C(=O)N1C=CSC1. The molecule has 0 aromatic carbocycles. The monoisotopic (exact) mass is 188 g/mol. The lowest BCUT2D eigenvalue weighted by Crippen LogP contribution is -2.38. The standard InChI is InChI=1S/C7H12N2O2S/c1-8(2-4-10)7(11)9-3-5-12-6-9/h3,5,10H,2,4,6H2,1H3. The van der Waals surface area contributed by atoms with E-state index in [-0.39, 0.29) is 12.6 Å². The minimum absolute atomic E-state index is 0.00688. The third-order valence-electron chi connectivity index (χ3n) is 1.56. The van der Waals surface area contributed by atoms with E-state index in [1.165, 1.54) is 4.90 Å². The Balaban J connectivity index is 2.40. The van der Waals surface area contributed by atoms with E-state index in [4.69, 9.17) is 5.11 Å². The van der Waals surface area contributed by atoms with E-state index in [1.54, 1.807) is 29.9 Å². The van der Waals surface area contributed by atoms with Gasteiger partial charge in [-0.2, -0.15) is 0 Å². The van der Waals surface area contributed by atoms with E-state index in [2.05, 4.69) is 0 Å². The number of rotatable bonds is 2. The first-order valence-electron chi connectivity index (χ1n) is 3.66. The predicted octanol–water partition coefficient (Wildman–Crippen LogP) is 0.508. The summed E-state index contributed by atoms with van der Waals surface area (Å²) < 4.78 is 0. The predicted molar refractivity (Wildman–Crippen MR) is 48.5 cm³/mol. The number of aliphatic hydroxyl groups excluding tert-OH is 1. The number of likely N-dealkylation sites (N-methyl/N-ethyl adjacent to an activating group) is 1. The number of carbonyl (C=O) groups is 1. The number of carbonyl (C=O) groups excluding carboxylic acids is 1. The van der Waals surface area contributed by atoms with Crippen molar-refractivity contribution in [3.05, 3.63) is 11.6 Å². The molecule has 0 saturated carbocycles. The number of hydrogen-bond donors (Lipinski definition) is 1. The van der Waals surface area contributed by atoms with Crippen molar-refractivity contribution in [1.82, 2.24) is 9.80 Å². The lowest BCUT2D eigenvalue weighted by molar-refractivity contribution is 0.171. The van der Waals surface area contributed by atoms with Crippen LogP contribution in [0.25, 0.3) is 0 Å². The van der Waals surface area contributed by atoms with Gasteiger partial charge in [0.25, 0.3) is 0 Å². The zero-order valence-corrected chi connectivity index (χ0v) is 7.75. The average Bonchev–Trinajstić information content (AvgIpc) is 2.55. The van der Waals surface area contributed by atoms with Crippen molar-refractivity contribution in [2.75, 3.05) is 26.1 Å². The molecule has 0 bridgehead atoms. The molecule has 0 radical (unpaired) electrons. The maximum absolute atomic E-state index is 11.4. The molecule has 5 heteroatoms. The molecule has 0 atom stereocenters. The van der Waals surface area contributed by atoms with Crippen molar-refractivity contribution in [2.24, 2.45) is 0 Å². The summed E-state index contributed by atoms with van der Waals surface area (Å²) in [5, 5.41) is 10.5. The minimum Gasteiger partial charge on any atom is -0.395 e. The van der Waals surface area contributed by atoms with E-state index < -0.39 is 0 Å². The molecule has 4 nitrogen and oxygen atoms in total. The summed E-state index contributed by atoms with van der Waals surface area (Å²) in [6, 6.07) is -0.0645. The van der Waals surface area contributed by atoms with Crippen molar-refractivity contribution in [3.63, 3.8) is 0 Å². The molecular weight excluding hydrogens is 176 g/mol. The molecule has 0 aromatic rings. The number of urea groups is 1. The van der Waals surface area contributed by atoms with Gasteiger partial charge in [0.15, 0.2) is 0 Å². The molecule has 0 spiro atoms. The zero-order valence-electron chi connectivity index (χ0n) is 6.93. The van der Waals surface area contributed by atoms with Crippen LogP contribution in [0.3, 0.4) is 0 Å². The first kappa shape index (κ1) is 9.41. The second-order valence-electron chi connectivity index (χ2n) is 2.48. The van der Waals surface area contributed by atoms with Crippen molar-refractivity contribution in [1.29, 1.82) is 0 Å². The molecule has 68 valence electrons. The van der Waals surface area contributed by atoms with Crippen LogP contribution >= 0.6 is 11.8 Å². The highest BCUT2D eigenvalue weighted by Crippen LogP contribution is 2.15. The molecule has 0 fully saturated rings. The van der Waals surface area contributed by atoms with Crippen molar-refractivity contribution >= 4 is 17.8 Å². The third kappa shape index (κ3) is 2.15. The van der Waals surface area contributed by atoms with Gasteiger partial charge < -0.3 is 10.0 Å². The Bertz CT molecular complexity index is 196. The number of hydrogen-bond acceptors (Lipinski definition) is 3. The highest BCUT2D eigenvalue weighted by molar-refractivity contribution is 8.02. The van der Waals surface area contributed by atoms with Gasteiger partial charge in [-0.25, -0.2) is 4.79 Å². The Labute approximate surface area is 75.8 Å². The van der Waals surface area contributed by atoms with Gasteiger partial charge in [-0.15, -0.1) is 11.8 Å². The second kappa shape index (κ2) is 4.37. The van der Waals surface area contributed by atoms with Crippen LogP contribution in [0.4, 0.5) is 4.79 Å². The molecule has 0 saturated heterocycles. The summed E-state index contributed by atoms with van der Waals surface area (Å²) >= 11 is 1.58. The van der Waals surface area contributed by atoms with Crippen LogP contribution in [-0.2, 0) is 0 Å². The van der Waals surface area contributed by atoms with Crippen LogP contribution in [0.5, 0.6) is 0 Å². The smallest absolute Gasteiger partial charge is 0.324 e. The lowest BCUT2D eigenvalue weighted by Gasteiger charge is -2.21. The fourth-order valence-electron chi connectivity index (χ4n) is 0.867.